The van der Waals surface area contributed by atoms with Gasteiger partial charge in [-0.3, -0.25) is 4.48 Å². The molecule has 0 radical (unpaired) electrons. The Bertz CT molecular complexity index is 202. The third-order valence-corrected chi connectivity index (χ3v) is 2.97. The van der Waals surface area contributed by atoms with E-state index in [-0.39, 0.29) is 10.0 Å². The fourth-order valence-corrected chi connectivity index (χ4v) is 1.90. The van der Waals surface area contributed by atoms with E-state index >= 15 is 0 Å². The molecule has 1 aliphatic heterocycles. The van der Waals surface area contributed by atoms with Crippen molar-refractivity contribution in [3.8, 4) is 0 Å². The van der Waals surface area contributed by atoms with Gasteiger partial charge in [-0.2, -0.15) is 0 Å². The molecule has 0 unspecified atom stereocenters. The number of rotatable bonds is 0. The van der Waals surface area contributed by atoms with E-state index in [4.69, 9.17) is 0 Å². The summed E-state index contributed by atoms with van der Waals surface area (Å²) in [5.41, 5.74) is -0.277. The highest BCUT2D eigenvalue weighted by atomic mass is 16.4. The van der Waals surface area contributed by atoms with Crippen LogP contribution in [-0.4, -0.2) is 42.3 Å². The molecule has 1 heterocycles. The molecule has 0 aromatic carbocycles. The van der Waals surface area contributed by atoms with E-state index in [9.17, 15) is 9.90 Å². The number of carboxylic acid groups (broad SMARTS) is 1. The molecule has 0 aromatic heterocycles. The highest BCUT2D eigenvalue weighted by molar-refractivity contribution is 5.54. The monoisotopic (exact) mass is 186 g/mol. The number of hydrogen-bond donors (Lipinski definition) is 1. The van der Waals surface area contributed by atoms with Crippen molar-refractivity contribution >= 4 is 6.09 Å². The van der Waals surface area contributed by atoms with E-state index in [2.05, 4.69) is 5.32 Å². The Morgan fingerprint density at radius 1 is 1.31 bits per heavy atom. The zero-order chi connectivity index (χ0) is 10.1. The van der Waals surface area contributed by atoms with Gasteiger partial charge in [-0.15, -0.1) is 0 Å². The Labute approximate surface area is 79.1 Å². The number of carbonyl (C=O) groups is 1. The molecule has 0 aromatic rings. The molecule has 0 bridgehead atoms. The Balaban J connectivity index is 2.93. The van der Waals surface area contributed by atoms with Crippen LogP contribution in [0, 0.1) is 0 Å². The highest BCUT2D eigenvalue weighted by Crippen LogP contribution is 2.24. The van der Waals surface area contributed by atoms with E-state index in [1.807, 2.05) is 20.8 Å². The fourth-order valence-electron chi connectivity index (χ4n) is 1.90. The van der Waals surface area contributed by atoms with Crippen molar-refractivity contribution in [1.29, 1.82) is 0 Å². The maximum atomic E-state index is 11.2. The van der Waals surface area contributed by atoms with Gasteiger partial charge in [0.1, 0.15) is 0 Å². The van der Waals surface area contributed by atoms with Crippen LogP contribution in [0.3, 0.4) is 0 Å². The summed E-state index contributed by atoms with van der Waals surface area (Å²) in [6.07, 6.45) is -0.950. The smallest absolute Gasteiger partial charge is 0.257 e. The van der Waals surface area contributed by atoms with Crippen molar-refractivity contribution in [2.45, 2.75) is 26.3 Å². The summed E-state index contributed by atoms with van der Waals surface area (Å²) in [4.78, 5) is 11.2. The molecular weight excluding hydrogens is 168 g/mol. The van der Waals surface area contributed by atoms with Crippen molar-refractivity contribution in [1.82, 2.24) is 5.32 Å². The topological polar surface area (TPSA) is 52.2 Å². The maximum Gasteiger partial charge on any atom is 0.257 e. The van der Waals surface area contributed by atoms with Gasteiger partial charge in [-0.05, 0) is 20.8 Å². The van der Waals surface area contributed by atoms with Crippen molar-refractivity contribution in [2.24, 2.45) is 0 Å². The fraction of sp³-hybridized carbons (Fsp3) is 0.889. The lowest BCUT2D eigenvalue weighted by Crippen LogP contribution is -2.72. The Morgan fingerprint density at radius 2 is 1.77 bits per heavy atom. The van der Waals surface area contributed by atoms with Gasteiger partial charge >= 0.3 is 0 Å². The van der Waals surface area contributed by atoms with Crippen LogP contribution in [0.2, 0.25) is 0 Å². The summed E-state index contributed by atoms with van der Waals surface area (Å²) in [5, 5.41) is 14.3. The molecule has 1 saturated heterocycles. The van der Waals surface area contributed by atoms with Crippen LogP contribution in [0.25, 0.3) is 0 Å². The third-order valence-electron chi connectivity index (χ3n) is 2.97. The van der Waals surface area contributed by atoms with Gasteiger partial charge in [0, 0.05) is 13.1 Å². The van der Waals surface area contributed by atoms with Gasteiger partial charge in [0.05, 0.1) is 18.6 Å². The predicted octanol–water partition coefficient (Wildman–Crippen LogP) is -0.452. The lowest BCUT2D eigenvalue weighted by atomic mass is 10.0. The number of nitrogens with one attached hydrogen (secondary N) is 1. The van der Waals surface area contributed by atoms with Crippen LogP contribution in [0.1, 0.15) is 20.8 Å². The van der Waals surface area contributed by atoms with Crippen LogP contribution in [0.15, 0.2) is 0 Å². The molecule has 1 N–H and O–H groups in total. The molecule has 4 nitrogen and oxygen atoms in total. The van der Waals surface area contributed by atoms with Crippen molar-refractivity contribution in [2.75, 3.05) is 26.2 Å². The van der Waals surface area contributed by atoms with Crippen LogP contribution in [0.5, 0.6) is 0 Å². The second kappa shape index (κ2) is 3.27. The van der Waals surface area contributed by atoms with Gasteiger partial charge in [-0.25, -0.2) is 0 Å². The number of carbonyl (C=O) groups excluding carboxylic acids is 1. The molecule has 1 rings (SSSR count). The molecule has 76 valence electrons. The van der Waals surface area contributed by atoms with E-state index in [1.54, 1.807) is 0 Å². The number of nitrogens with zero attached hydrogens (tertiary/aromatic N) is 1. The van der Waals surface area contributed by atoms with Crippen LogP contribution in [-0.2, 0) is 0 Å². The van der Waals surface area contributed by atoms with Crippen LogP contribution >= 0.6 is 0 Å². The molecule has 4 heteroatoms. The minimum Gasteiger partial charge on any atom is -0.498 e. The first-order chi connectivity index (χ1) is 5.90. The molecule has 0 saturated carbocycles. The largest absolute Gasteiger partial charge is 0.498 e. The quantitative estimate of drug-likeness (QED) is 0.521. The number of hydrogen-bond acceptors (Lipinski definition) is 3. The van der Waals surface area contributed by atoms with E-state index < -0.39 is 6.09 Å². The Hall–Kier alpha value is -0.610. The van der Waals surface area contributed by atoms with Crippen molar-refractivity contribution in [3.63, 3.8) is 0 Å². The van der Waals surface area contributed by atoms with E-state index in [1.165, 1.54) is 0 Å². The minimum atomic E-state index is -0.950. The summed E-state index contributed by atoms with van der Waals surface area (Å²) in [5.74, 6) is 0. The Kier molecular flexibility index (Phi) is 2.63. The average Bonchev–Trinajstić information content (AvgIpc) is 2.03. The second-order valence-electron chi connectivity index (χ2n) is 4.60. The summed E-state index contributed by atoms with van der Waals surface area (Å²) < 4.78 is 0.0694. The zero-order valence-corrected chi connectivity index (χ0v) is 8.59. The molecule has 1 amide bonds. The number of quaternary nitrogens is 1. The van der Waals surface area contributed by atoms with Gasteiger partial charge in [-0.1, -0.05) is 0 Å². The average molecular weight is 186 g/mol. The van der Waals surface area contributed by atoms with Gasteiger partial charge in [0.15, 0.2) is 0 Å². The Morgan fingerprint density at radius 3 is 2.00 bits per heavy atom. The zero-order valence-electron chi connectivity index (χ0n) is 8.59. The number of piperazine rings is 1. The third kappa shape index (κ3) is 1.69. The summed E-state index contributed by atoms with van der Waals surface area (Å²) >= 11 is 0. The normalized spacial score (nSPS) is 22.7. The molecule has 1 fully saturated rings. The number of amides is 1. The minimum absolute atomic E-state index is 0.0694. The van der Waals surface area contributed by atoms with Gasteiger partial charge in [0.25, 0.3) is 6.09 Å². The molecule has 0 aliphatic carbocycles. The first kappa shape index (κ1) is 10.5. The summed E-state index contributed by atoms with van der Waals surface area (Å²) in [7, 11) is 0. The maximum absolute atomic E-state index is 11.2. The highest BCUT2D eigenvalue weighted by Gasteiger charge is 2.43. The van der Waals surface area contributed by atoms with Crippen LogP contribution < -0.4 is 10.4 Å². The summed E-state index contributed by atoms with van der Waals surface area (Å²) in [6.45, 7) is 8.60. The predicted molar refractivity (Wildman–Crippen MR) is 48.0 cm³/mol. The van der Waals surface area contributed by atoms with E-state index in [0.29, 0.717) is 13.1 Å². The molecule has 0 spiro atoms. The summed E-state index contributed by atoms with van der Waals surface area (Å²) in [6, 6.07) is 0. The van der Waals surface area contributed by atoms with Gasteiger partial charge in [0.2, 0.25) is 0 Å². The first-order valence-electron chi connectivity index (χ1n) is 4.70. The SMILES string of the molecule is CC(C)(C)[N+]1(C(=O)[O-])CCNCC1. The molecule has 1 aliphatic rings. The van der Waals surface area contributed by atoms with Gasteiger partial charge < -0.3 is 15.2 Å². The molecule has 0 atom stereocenters. The van der Waals surface area contributed by atoms with Crippen LogP contribution in [0.4, 0.5) is 4.79 Å². The first-order valence-corrected chi connectivity index (χ1v) is 4.70. The van der Waals surface area contributed by atoms with E-state index in [0.717, 1.165) is 13.1 Å². The lowest BCUT2D eigenvalue weighted by Gasteiger charge is -2.50. The second-order valence-corrected chi connectivity index (χ2v) is 4.60. The lowest BCUT2D eigenvalue weighted by molar-refractivity contribution is -0.921. The van der Waals surface area contributed by atoms with Crippen molar-refractivity contribution < 1.29 is 14.4 Å². The molecule has 13 heavy (non-hydrogen) atoms. The standard InChI is InChI=1S/C9H18N2O2/c1-9(2,3)11(8(12)13)6-4-10-5-7-11/h10H,4-7H2,1-3H3. The molecular formula is C9H18N2O2. The van der Waals surface area contributed by atoms with Crippen molar-refractivity contribution in [3.05, 3.63) is 0 Å².